The van der Waals surface area contributed by atoms with Gasteiger partial charge in [0.25, 0.3) is 0 Å². The maximum absolute atomic E-state index is 13.6. The summed E-state index contributed by atoms with van der Waals surface area (Å²) >= 11 is 0. The first-order valence-corrected chi connectivity index (χ1v) is 5.98. The van der Waals surface area contributed by atoms with Gasteiger partial charge in [-0.2, -0.15) is 0 Å². The van der Waals surface area contributed by atoms with Crippen molar-refractivity contribution >= 4 is 0 Å². The number of hydrogen-bond acceptors (Lipinski definition) is 4. The van der Waals surface area contributed by atoms with E-state index in [1.165, 1.54) is 12.1 Å². The van der Waals surface area contributed by atoms with Gasteiger partial charge < -0.3 is 20.3 Å². The first-order valence-electron chi connectivity index (χ1n) is 5.98. The van der Waals surface area contributed by atoms with Gasteiger partial charge in [0, 0.05) is 12.6 Å². The highest BCUT2D eigenvalue weighted by Gasteiger charge is 2.10. The Morgan fingerprint density at radius 1 is 1.39 bits per heavy atom. The number of benzene rings is 1. The zero-order valence-electron chi connectivity index (χ0n) is 10.7. The third-order valence-corrected chi connectivity index (χ3v) is 2.43. The fourth-order valence-electron chi connectivity index (χ4n) is 1.41. The van der Waals surface area contributed by atoms with E-state index < -0.39 is 11.9 Å². The molecule has 102 valence electrons. The summed E-state index contributed by atoms with van der Waals surface area (Å²) in [7, 11) is 0. The smallest absolute Gasteiger partial charge is 0.165 e. The summed E-state index contributed by atoms with van der Waals surface area (Å²) in [5.74, 6) is -0.372. The molecule has 0 aliphatic heterocycles. The lowest BCUT2D eigenvalue weighted by Gasteiger charge is -2.13. The lowest BCUT2D eigenvalue weighted by atomic mass is 10.1. The molecule has 18 heavy (non-hydrogen) atoms. The Morgan fingerprint density at radius 2 is 2.11 bits per heavy atom. The normalized spacial score (nSPS) is 14.3. The molecule has 1 aromatic carbocycles. The maximum Gasteiger partial charge on any atom is 0.165 e. The van der Waals surface area contributed by atoms with Gasteiger partial charge >= 0.3 is 0 Å². The van der Waals surface area contributed by atoms with Crippen LogP contribution in [0, 0.1) is 5.82 Å². The van der Waals surface area contributed by atoms with Crippen LogP contribution in [0.15, 0.2) is 18.2 Å². The predicted molar refractivity (Wildman–Crippen MR) is 67.0 cm³/mol. The van der Waals surface area contributed by atoms with Crippen LogP contribution in [-0.4, -0.2) is 31.0 Å². The van der Waals surface area contributed by atoms with Crippen molar-refractivity contribution in [1.82, 2.24) is 0 Å². The molecule has 0 bridgehead atoms. The molecule has 0 amide bonds. The SMILES string of the molecule is CCOCC(O)COc1ccc([C@@H](C)N)cc1F. The molecule has 0 aliphatic rings. The first kappa shape index (κ1) is 14.9. The Hall–Kier alpha value is -1.17. The van der Waals surface area contributed by atoms with E-state index in [-0.39, 0.29) is 25.0 Å². The van der Waals surface area contributed by atoms with Crippen LogP contribution in [0.1, 0.15) is 25.5 Å². The van der Waals surface area contributed by atoms with Crippen molar-refractivity contribution < 1.29 is 19.0 Å². The summed E-state index contributed by atoms with van der Waals surface area (Å²) in [4.78, 5) is 0. The topological polar surface area (TPSA) is 64.7 Å². The third kappa shape index (κ3) is 4.60. The van der Waals surface area contributed by atoms with Gasteiger partial charge in [-0.15, -0.1) is 0 Å². The largest absolute Gasteiger partial charge is 0.488 e. The molecule has 0 fully saturated rings. The summed E-state index contributed by atoms with van der Waals surface area (Å²) in [6.07, 6.45) is -0.766. The highest BCUT2D eigenvalue weighted by atomic mass is 19.1. The standard InChI is InChI=1S/C13H20FNO3/c1-3-17-7-11(16)8-18-13-5-4-10(9(2)15)6-12(13)14/h4-6,9,11,16H,3,7-8,15H2,1-2H3/t9-,11?/m1/s1. The molecule has 1 unspecified atom stereocenters. The van der Waals surface area contributed by atoms with E-state index in [9.17, 15) is 9.50 Å². The van der Waals surface area contributed by atoms with E-state index >= 15 is 0 Å². The monoisotopic (exact) mass is 257 g/mol. The first-order chi connectivity index (χ1) is 8.54. The Labute approximate surface area is 107 Å². The third-order valence-electron chi connectivity index (χ3n) is 2.43. The minimum Gasteiger partial charge on any atom is -0.488 e. The molecular formula is C13H20FNO3. The molecule has 3 N–H and O–H groups in total. The Kier molecular flexibility index (Phi) is 6.04. The number of aliphatic hydroxyl groups excluding tert-OH is 1. The highest BCUT2D eigenvalue weighted by Crippen LogP contribution is 2.21. The average molecular weight is 257 g/mol. The number of hydrogen-bond donors (Lipinski definition) is 2. The van der Waals surface area contributed by atoms with Gasteiger partial charge in [-0.05, 0) is 31.5 Å². The second kappa shape index (κ2) is 7.31. The number of nitrogens with two attached hydrogens (primary N) is 1. The minimum atomic E-state index is -0.766. The second-order valence-electron chi connectivity index (χ2n) is 4.10. The predicted octanol–water partition coefficient (Wildman–Crippen LogP) is 1.62. The summed E-state index contributed by atoms with van der Waals surface area (Å²) in [6, 6.07) is 4.34. The molecular weight excluding hydrogens is 237 g/mol. The summed E-state index contributed by atoms with van der Waals surface area (Å²) in [5.41, 5.74) is 6.35. The van der Waals surface area contributed by atoms with Crippen molar-refractivity contribution in [3.8, 4) is 5.75 Å². The molecule has 4 nitrogen and oxygen atoms in total. The molecule has 0 heterocycles. The van der Waals surface area contributed by atoms with E-state index in [0.29, 0.717) is 12.2 Å². The molecule has 0 aliphatic carbocycles. The Morgan fingerprint density at radius 3 is 2.67 bits per heavy atom. The van der Waals surface area contributed by atoms with Crippen LogP contribution in [0.4, 0.5) is 4.39 Å². The molecule has 2 atom stereocenters. The molecule has 1 aromatic rings. The molecule has 0 radical (unpaired) electrons. The average Bonchev–Trinajstić information content (AvgIpc) is 2.34. The van der Waals surface area contributed by atoms with Crippen molar-refractivity contribution in [3.63, 3.8) is 0 Å². The van der Waals surface area contributed by atoms with Gasteiger partial charge in [-0.1, -0.05) is 6.07 Å². The zero-order valence-corrected chi connectivity index (χ0v) is 10.7. The molecule has 1 rings (SSSR count). The number of halogens is 1. The van der Waals surface area contributed by atoms with Gasteiger partial charge in [0.05, 0.1) is 6.61 Å². The fraction of sp³-hybridized carbons (Fsp3) is 0.538. The van der Waals surface area contributed by atoms with E-state index in [2.05, 4.69) is 0 Å². The number of aliphatic hydroxyl groups is 1. The second-order valence-corrected chi connectivity index (χ2v) is 4.10. The van der Waals surface area contributed by atoms with Crippen molar-refractivity contribution in [1.29, 1.82) is 0 Å². The van der Waals surface area contributed by atoms with Crippen LogP contribution in [0.2, 0.25) is 0 Å². The van der Waals surface area contributed by atoms with Gasteiger partial charge in [-0.3, -0.25) is 0 Å². The van der Waals surface area contributed by atoms with E-state index in [1.54, 1.807) is 13.0 Å². The van der Waals surface area contributed by atoms with Crippen LogP contribution >= 0.6 is 0 Å². The number of rotatable bonds is 7. The van der Waals surface area contributed by atoms with Crippen molar-refractivity contribution in [2.75, 3.05) is 19.8 Å². The molecule has 0 saturated carbocycles. The Balaban J connectivity index is 2.52. The van der Waals surface area contributed by atoms with E-state index in [4.69, 9.17) is 15.2 Å². The molecule has 0 spiro atoms. The lowest BCUT2D eigenvalue weighted by molar-refractivity contribution is 0.0157. The van der Waals surface area contributed by atoms with Crippen LogP contribution in [-0.2, 0) is 4.74 Å². The minimum absolute atomic E-state index is 0.00551. The quantitative estimate of drug-likeness (QED) is 0.779. The van der Waals surface area contributed by atoms with Gasteiger partial charge in [0.15, 0.2) is 11.6 Å². The Bertz CT molecular complexity index is 371. The highest BCUT2D eigenvalue weighted by molar-refractivity contribution is 5.30. The van der Waals surface area contributed by atoms with Crippen LogP contribution in [0.5, 0.6) is 5.75 Å². The zero-order chi connectivity index (χ0) is 13.5. The van der Waals surface area contributed by atoms with Crippen LogP contribution < -0.4 is 10.5 Å². The molecule has 0 aromatic heterocycles. The van der Waals surface area contributed by atoms with Crippen molar-refractivity contribution in [2.45, 2.75) is 26.0 Å². The summed E-state index contributed by atoms with van der Waals surface area (Å²) in [5, 5.41) is 9.48. The fourth-order valence-corrected chi connectivity index (χ4v) is 1.41. The lowest BCUT2D eigenvalue weighted by Crippen LogP contribution is -2.23. The van der Waals surface area contributed by atoms with Gasteiger partial charge in [0.1, 0.15) is 12.7 Å². The maximum atomic E-state index is 13.6. The van der Waals surface area contributed by atoms with Gasteiger partial charge in [-0.25, -0.2) is 4.39 Å². The van der Waals surface area contributed by atoms with Crippen molar-refractivity contribution in [2.24, 2.45) is 5.73 Å². The number of ether oxygens (including phenoxy) is 2. The van der Waals surface area contributed by atoms with E-state index in [1.807, 2.05) is 6.92 Å². The summed E-state index contributed by atoms with van der Waals surface area (Å²) in [6.45, 7) is 4.31. The summed E-state index contributed by atoms with van der Waals surface area (Å²) < 4.78 is 23.8. The van der Waals surface area contributed by atoms with Crippen LogP contribution in [0.25, 0.3) is 0 Å². The van der Waals surface area contributed by atoms with Crippen LogP contribution in [0.3, 0.4) is 0 Å². The van der Waals surface area contributed by atoms with Crippen molar-refractivity contribution in [3.05, 3.63) is 29.6 Å². The van der Waals surface area contributed by atoms with E-state index in [0.717, 1.165) is 0 Å². The van der Waals surface area contributed by atoms with Gasteiger partial charge in [0.2, 0.25) is 0 Å². The molecule has 0 saturated heterocycles. The molecule has 5 heteroatoms.